The van der Waals surface area contributed by atoms with E-state index in [0.717, 1.165) is 5.69 Å². The Morgan fingerprint density at radius 3 is 2.72 bits per heavy atom. The van der Waals surface area contributed by atoms with E-state index in [9.17, 15) is 14.4 Å². The number of hydrogen-bond acceptors (Lipinski definition) is 6. The minimum Gasteiger partial charge on any atom is -0.489 e. The Morgan fingerprint density at radius 2 is 2.03 bits per heavy atom. The Kier molecular flexibility index (Phi) is 6.03. The van der Waals surface area contributed by atoms with E-state index in [1.165, 1.54) is 12.1 Å². The van der Waals surface area contributed by atoms with Crippen LogP contribution in [0.1, 0.15) is 36.9 Å². The van der Waals surface area contributed by atoms with Gasteiger partial charge in [0, 0.05) is 24.4 Å². The lowest BCUT2D eigenvalue weighted by atomic mass is 9.69. The molecule has 0 spiro atoms. The zero-order valence-electron chi connectivity index (χ0n) is 17.3. The third-order valence-electron chi connectivity index (χ3n) is 5.88. The molecule has 2 heterocycles. The van der Waals surface area contributed by atoms with Crippen molar-refractivity contribution in [3.05, 3.63) is 65.7 Å². The standard InChI is InChI=1S/C23H23FN6O2/c24-18-4-2-5-19(17(18)14-25)32-16-7-10-23(11-8-16,22(26)31)13-15-3-1-6-20(28-15)29-21-9-12-27-30-21/h1-6,9,12,16H,7-8,10-11,13H2,(H2,26,31)(H2,27,28,29,30). The van der Waals surface area contributed by atoms with Crippen LogP contribution in [0.25, 0.3) is 0 Å². The average Bonchev–Trinajstić information content (AvgIpc) is 3.28. The molecule has 0 aliphatic heterocycles. The molecule has 3 aromatic rings. The van der Waals surface area contributed by atoms with Gasteiger partial charge in [0.25, 0.3) is 0 Å². The highest BCUT2D eigenvalue weighted by molar-refractivity contribution is 5.81. The molecular formula is C23H23FN6O2. The summed E-state index contributed by atoms with van der Waals surface area (Å²) < 4.78 is 19.8. The summed E-state index contributed by atoms with van der Waals surface area (Å²) >= 11 is 0. The van der Waals surface area contributed by atoms with E-state index in [1.54, 1.807) is 18.3 Å². The van der Waals surface area contributed by atoms with Gasteiger partial charge in [-0.15, -0.1) is 0 Å². The zero-order valence-corrected chi connectivity index (χ0v) is 17.3. The van der Waals surface area contributed by atoms with Crippen molar-refractivity contribution in [2.75, 3.05) is 5.32 Å². The molecule has 1 saturated carbocycles. The number of hydrogen-bond donors (Lipinski definition) is 3. The number of nitrogens with zero attached hydrogens (tertiary/aromatic N) is 3. The number of anilines is 2. The fraction of sp³-hybridized carbons (Fsp3) is 0.304. The smallest absolute Gasteiger partial charge is 0.224 e. The number of H-pyrrole nitrogens is 1. The molecule has 0 saturated heterocycles. The van der Waals surface area contributed by atoms with Crippen LogP contribution in [0.2, 0.25) is 0 Å². The topological polar surface area (TPSA) is 130 Å². The number of pyridine rings is 1. The molecule has 2 aromatic heterocycles. The van der Waals surface area contributed by atoms with Gasteiger partial charge in [-0.1, -0.05) is 12.1 Å². The number of primary amides is 1. The van der Waals surface area contributed by atoms with Crippen molar-refractivity contribution in [3.63, 3.8) is 0 Å². The molecule has 1 aliphatic rings. The Hall–Kier alpha value is -3.93. The minimum atomic E-state index is -0.738. The quantitative estimate of drug-likeness (QED) is 0.521. The normalized spacial score (nSPS) is 20.3. The maximum Gasteiger partial charge on any atom is 0.224 e. The number of amides is 1. The van der Waals surface area contributed by atoms with Gasteiger partial charge in [0.15, 0.2) is 5.82 Å². The van der Waals surface area contributed by atoms with Gasteiger partial charge >= 0.3 is 0 Å². The first kappa shape index (κ1) is 21.3. The van der Waals surface area contributed by atoms with Crippen molar-refractivity contribution in [2.24, 2.45) is 11.1 Å². The summed E-state index contributed by atoms with van der Waals surface area (Å²) in [6.45, 7) is 0. The predicted molar refractivity (Wildman–Crippen MR) is 115 cm³/mol. The van der Waals surface area contributed by atoms with Gasteiger partial charge in [-0.2, -0.15) is 10.4 Å². The van der Waals surface area contributed by atoms with Gasteiger partial charge < -0.3 is 15.8 Å². The Bertz CT molecular complexity index is 1130. The molecule has 8 nitrogen and oxygen atoms in total. The van der Waals surface area contributed by atoms with E-state index in [4.69, 9.17) is 10.5 Å². The zero-order chi connectivity index (χ0) is 22.6. The molecule has 0 radical (unpaired) electrons. The Morgan fingerprint density at radius 1 is 1.25 bits per heavy atom. The number of rotatable bonds is 7. The van der Waals surface area contributed by atoms with Crippen molar-refractivity contribution >= 4 is 17.5 Å². The van der Waals surface area contributed by atoms with E-state index in [0.29, 0.717) is 43.7 Å². The number of carbonyl (C=O) groups excluding carboxylic acids is 1. The Balaban J connectivity index is 1.44. The third-order valence-corrected chi connectivity index (χ3v) is 5.88. The van der Waals surface area contributed by atoms with Gasteiger partial charge in [-0.3, -0.25) is 9.89 Å². The number of nitriles is 1. The molecule has 0 unspecified atom stereocenters. The van der Waals surface area contributed by atoms with Crippen molar-refractivity contribution in [1.82, 2.24) is 15.2 Å². The highest BCUT2D eigenvalue weighted by Crippen LogP contribution is 2.40. The molecule has 4 rings (SSSR count). The van der Waals surface area contributed by atoms with E-state index in [1.807, 2.05) is 24.3 Å². The second kappa shape index (κ2) is 9.06. The number of nitrogens with two attached hydrogens (primary N) is 1. The lowest BCUT2D eigenvalue weighted by Crippen LogP contribution is -2.44. The van der Waals surface area contributed by atoms with Gasteiger partial charge in [-0.25, -0.2) is 9.37 Å². The van der Waals surface area contributed by atoms with Crippen molar-refractivity contribution in [3.8, 4) is 11.8 Å². The molecule has 4 N–H and O–H groups in total. The van der Waals surface area contributed by atoms with Crippen LogP contribution < -0.4 is 15.8 Å². The SMILES string of the molecule is N#Cc1c(F)cccc1OC1CCC(Cc2cccc(Nc3cc[nH]n3)n2)(C(N)=O)CC1. The fourth-order valence-corrected chi connectivity index (χ4v) is 4.12. The third kappa shape index (κ3) is 4.54. The highest BCUT2D eigenvalue weighted by Gasteiger charge is 2.41. The summed E-state index contributed by atoms with van der Waals surface area (Å²) in [6.07, 6.45) is 4.06. The molecule has 0 bridgehead atoms. The lowest BCUT2D eigenvalue weighted by molar-refractivity contribution is -0.130. The molecule has 32 heavy (non-hydrogen) atoms. The largest absolute Gasteiger partial charge is 0.489 e. The number of ether oxygens (including phenoxy) is 1. The lowest BCUT2D eigenvalue weighted by Gasteiger charge is -2.37. The molecule has 9 heteroatoms. The second-order valence-electron chi connectivity index (χ2n) is 7.96. The van der Waals surface area contributed by atoms with Crippen LogP contribution in [0.5, 0.6) is 5.75 Å². The first-order valence-corrected chi connectivity index (χ1v) is 10.4. The summed E-state index contributed by atoms with van der Waals surface area (Å²) in [4.78, 5) is 17.1. The first-order valence-electron chi connectivity index (χ1n) is 10.4. The number of nitrogens with one attached hydrogen (secondary N) is 2. The monoisotopic (exact) mass is 434 g/mol. The van der Waals surface area contributed by atoms with E-state index >= 15 is 0 Å². The van der Waals surface area contributed by atoms with Crippen LogP contribution in [0, 0.1) is 22.6 Å². The Labute approximate surface area is 184 Å². The number of halogens is 1. The van der Waals surface area contributed by atoms with Crippen molar-refractivity contribution < 1.29 is 13.9 Å². The van der Waals surface area contributed by atoms with Crippen LogP contribution in [-0.2, 0) is 11.2 Å². The van der Waals surface area contributed by atoms with Crippen LogP contribution in [0.3, 0.4) is 0 Å². The summed E-state index contributed by atoms with van der Waals surface area (Å²) in [5.41, 5.74) is 5.74. The van der Waals surface area contributed by atoms with E-state index in [-0.39, 0.29) is 23.3 Å². The molecule has 164 valence electrons. The molecule has 1 amide bonds. The number of aromatic amines is 1. The molecule has 1 aliphatic carbocycles. The van der Waals surface area contributed by atoms with Crippen LogP contribution in [-0.4, -0.2) is 27.2 Å². The summed E-state index contributed by atoms with van der Waals surface area (Å²) in [7, 11) is 0. The van der Waals surface area contributed by atoms with Crippen molar-refractivity contribution in [1.29, 1.82) is 5.26 Å². The highest BCUT2D eigenvalue weighted by atomic mass is 19.1. The maximum absolute atomic E-state index is 13.8. The summed E-state index contributed by atoms with van der Waals surface area (Å²) in [6, 6.07) is 13.5. The van der Waals surface area contributed by atoms with Crippen molar-refractivity contribution in [2.45, 2.75) is 38.2 Å². The first-order chi connectivity index (χ1) is 15.5. The molecule has 1 aromatic carbocycles. The van der Waals surface area contributed by atoms with Gasteiger partial charge in [0.2, 0.25) is 5.91 Å². The summed E-state index contributed by atoms with van der Waals surface area (Å²) in [5.74, 6) is 0.517. The van der Waals surface area contributed by atoms with Gasteiger partial charge in [0.05, 0.1) is 11.5 Å². The summed E-state index contributed by atoms with van der Waals surface area (Å²) in [5, 5.41) is 19.1. The fourth-order valence-electron chi connectivity index (χ4n) is 4.12. The van der Waals surface area contributed by atoms with Crippen LogP contribution in [0.15, 0.2) is 48.7 Å². The minimum absolute atomic E-state index is 0.107. The van der Waals surface area contributed by atoms with Crippen LogP contribution >= 0.6 is 0 Å². The van der Waals surface area contributed by atoms with Crippen LogP contribution in [0.4, 0.5) is 16.0 Å². The van der Waals surface area contributed by atoms with Gasteiger partial charge in [0.1, 0.15) is 29.0 Å². The van der Waals surface area contributed by atoms with Gasteiger partial charge in [-0.05, 0) is 49.9 Å². The maximum atomic E-state index is 13.8. The molecule has 1 fully saturated rings. The number of benzene rings is 1. The van der Waals surface area contributed by atoms with E-state index in [2.05, 4.69) is 20.5 Å². The predicted octanol–water partition coefficient (Wildman–Crippen LogP) is 3.59. The van der Waals surface area contributed by atoms with E-state index < -0.39 is 11.2 Å². The molecule has 0 atom stereocenters. The molecular weight excluding hydrogens is 411 g/mol. The number of carbonyl (C=O) groups is 1. The average molecular weight is 434 g/mol. The number of aromatic nitrogens is 3. The second-order valence-corrected chi connectivity index (χ2v) is 7.96.